The van der Waals surface area contributed by atoms with Gasteiger partial charge in [0.2, 0.25) is 0 Å². The fourth-order valence-electron chi connectivity index (χ4n) is 1.62. The lowest BCUT2D eigenvalue weighted by Gasteiger charge is -2.16. The number of rotatable bonds is 4. The molecule has 0 aliphatic carbocycles. The van der Waals surface area contributed by atoms with Crippen molar-refractivity contribution < 1.29 is 19.1 Å². The molecule has 1 aromatic rings. The fraction of sp³-hybridized carbons (Fsp3) is 0.286. The Morgan fingerprint density at radius 1 is 1.11 bits per heavy atom. The summed E-state index contributed by atoms with van der Waals surface area (Å²) in [5.74, 6) is -2.60. The number of ether oxygens (including phenoxy) is 2. The lowest BCUT2D eigenvalue weighted by Crippen LogP contribution is -2.27. The van der Waals surface area contributed by atoms with Gasteiger partial charge in [0.25, 0.3) is 0 Å². The molecule has 0 saturated carbocycles. The van der Waals surface area contributed by atoms with Crippen LogP contribution < -0.4 is 0 Å². The van der Waals surface area contributed by atoms with Gasteiger partial charge in [-0.25, -0.2) is 0 Å². The summed E-state index contributed by atoms with van der Waals surface area (Å²) >= 11 is 5.76. The smallest absolute Gasteiger partial charge is 0.324 e. The Balaban J connectivity index is 3.21. The maximum atomic E-state index is 11.7. The zero-order valence-electron chi connectivity index (χ0n) is 11.0. The first kappa shape index (κ1) is 15.2. The quantitative estimate of drug-likeness (QED) is 0.629. The van der Waals surface area contributed by atoms with Gasteiger partial charge in [-0.3, -0.25) is 9.59 Å². The minimum Gasteiger partial charge on any atom is -0.468 e. The molecule has 0 heterocycles. The molecule has 0 bridgehead atoms. The van der Waals surface area contributed by atoms with E-state index in [1.54, 1.807) is 12.1 Å². The van der Waals surface area contributed by atoms with E-state index in [1.807, 2.05) is 19.1 Å². The highest BCUT2D eigenvalue weighted by molar-refractivity contribution is 6.29. The van der Waals surface area contributed by atoms with Crippen LogP contribution in [-0.2, 0) is 19.1 Å². The third-order valence-corrected chi connectivity index (χ3v) is 2.92. The van der Waals surface area contributed by atoms with Crippen LogP contribution in [0.4, 0.5) is 0 Å². The summed E-state index contributed by atoms with van der Waals surface area (Å²) in [6, 6.07) is 7.29. The van der Waals surface area contributed by atoms with E-state index in [9.17, 15) is 9.59 Å². The van der Waals surface area contributed by atoms with Crippen LogP contribution in [0.2, 0.25) is 0 Å². The van der Waals surface area contributed by atoms with E-state index in [0.717, 1.165) is 5.56 Å². The Bertz CT molecular complexity index is 475. The van der Waals surface area contributed by atoms with Gasteiger partial charge in [-0.1, -0.05) is 41.4 Å². The van der Waals surface area contributed by atoms with Crippen molar-refractivity contribution in [1.82, 2.24) is 0 Å². The van der Waals surface area contributed by atoms with Gasteiger partial charge in [-0.05, 0) is 18.1 Å². The third-order valence-electron chi connectivity index (χ3n) is 2.69. The van der Waals surface area contributed by atoms with E-state index in [1.165, 1.54) is 19.8 Å². The second-order valence-corrected chi connectivity index (χ2v) is 4.13. The number of aryl methyl sites for hydroxylation is 1. The molecule has 19 heavy (non-hydrogen) atoms. The highest BCUT2D eigenvalue weighted by Crippen LogP contribution is 2.27. The minimum absolute atomic E-state index is 0.348. The Morgan fingerprint density at radius 2 is 1.58 bits per heavy atom. The molecule has 0 unspecified atom stereocenters. The minimum atomic E-state index is -1.18. The Labute approximate surface area is 117 Å². The molecule has 1 aromatic carbocycles. The molecule has 0 N–H and O–H groups in total. The SMILES string of the molecule is COC(=O)C(C(=O)OC)/C(=C/Cl)c1ccc(C)cc1. The topological polar surface area (TPSA) is 52.6 Å². The van der Waals surface area contributed by atoms with Gasteiger partial charge < -0.3 is 9.47 Å². The van der Waals surface area contributed by atoms with Crippen LogP contribution in [0.3, 0.4) is 0 Å². The molecule has 0 amide bonds. The zero-order valence-corrected chi connectivity index (χ0v) is 11.7. The van der Waals surface area contributed by atoms with E-state index in [-0.39, 0.29) is 0 Å². The van der Waals surface area contributed by atoms with Crippen LogP contribution in [0.1, 0.15) is 11.1 Å². The van der Waals surface area contributed by atoms with Gasteiger partial charge in [-0.2, -0.15) is 0 Å². The normalized spacial score (nSPS) is 11.3. The predicted molar refractivity (Wildman–Crippen MR) is 72.5 cm³/mol. The lowest BCUT2D eigenvalue weighted by atomic mass is 9.93. The van der Waals surface area contributed by atoms with Crippen LogP contribution in [0.15, 0.2) is 29.8 Å². The molecule has 0 saturated heterocycles. The van der Waals surface area contributed by atoms with Crippen molar-refractivity contribution in [3.8, 4) is 0 Å². The third kappa shape index (κ3) is 3.58. The van der Waals surface area contributed by atoms with Crippen molar-refractivity contribution in [1.29, 1.82) is 0 Å². The van der Waals surface area contributed by atoms with E-state index in [0.29, 0.717) is 11.1 Å². The molecule has 102 valence electrons. The number of halogens is 1. The van der Waals surface area contributed by atoms with Crippen molar-refractivity contribution in [2.24, 2.45) is 5.92 Å². The highest BCUT2D eigenvalue weighted by atomic mass is 35.5. The number of esters is 2. The van der Waals surface area contributed by atoms with Gasteiger partial charge in [-0.15, -0.1) is 0 Å². The molecule has 4 nitrogen and oxygen atoms in total. The Kier molecular flexibility index (Phi) is 5.57. The number of hydrogen-bond acceptors (Lipinski definition) is 4. The van der Waals surface area contributed by atoms with Crippen molar-refractivity contribution in [2.75, 3.05) is 14.2 Å². The number of carbonyl (C=O) groups is 2. The van der Waals surface area contributed by atoms with Crippen molar-refractivity contribution in [3.05, 3.63) is 40.9 Å². The summed E-state index contributed by atoms with van der Waals surface area (Å²) in [6.07, 6.45) is 0. The van der Waals surface area contributed by atoms with E-state index < -0.39 is 17.9 Å². The number of methoxy groups -OCH3 is 2. The predicted octanol–water partition coefficient (Wildman–Crippen LogP) is 2.54. The molecule has 0 aliphatic heterocycles. The molecule has 1 rings (SSSR count). The highest BCUT2D eigenvalue weighted by Gasteiger charge is 2.33. The average Bonchev–Trinajstić information content (AvgIpc) is 2.44. The summed E-state index contributed by atoms with van der Waals surface area (Å²) in [7, 11) is 2.42. The second kappa shape index (κ2) is 6.95. The Morgan fingerprint density at radius 3 is 1.95 bits per heavy atom. The lowest BCUT2D eigenvalue weighted by molar-refractivity contribution is -0.155. The number of hydrogen-bond donors (Lipinski definition) is 0. The molecule has 0 spiro atoms. The first-order valence-corrected chi connectivity index (χ1v) is 6.01. The monoisotopic (exact) mass is 282 g/mol. The molecule has 5 heteroatoms. The summed E-state index contributed by atoms with van der Waals surface area (Å²) in [5.41, 5.74) is 3.27. The zero-order chi connectivity index (χ0) is 14.4. The maximum absolute atomic E-state index is 11.7. The second-order valence-electron chi connectivity index (χ2n) is 3.91. The maximum Gasteiger partial charge on any atom is 0.324 e. The standard InChI is InChI=1S/C14H15ClO4/c1-9-4-6-10(7-5-9)11(8-15)12(13(16)18-2)14(17)19-3/h4-8,12H,1-3H3/b11-8+. The van der Waals surface area contributed by atoms with Gasteiger partial charge in [0.1, 0.15) is 0 Å². The summed E-state index contributed by atoms with van der Waals surface area (Å²) < 4.78 is 9.25. The number of benzene rings is 1. The molecular weight excluding hydrogens is 268 g/mol. The van der Waals surface area contributed by atoms with Crippen molar-refractivity contribution in [3.63, 3.8) is 0 Å². The molecular formula is C14H15ClO4. The van der Waals surface area contributed by atoms with Crippen LogP contribution in [0.25, 0.3) is 5.57 Å². The summed E-state index contributed by atoms with van der Waals surface area (Å²) in [6.45, 7) is 1.94. The van der Waals surface area contributed by atoms with Crippen LogP contribution in [-0.4, -0.2) is 26.2 Å². The van der Waals surface area contributed by atoms with E-state index >= 15 is 0 Å². The largest absolute Gasteiger partial charge is 0.468 e. The molecule has 0 aliphatic rings. The summed E-state index contributed by atoms with van der Waals surface area (Å²) in [5, 5.41) is 0. The molecule has 0 radical (unpaired) electrons. The van der Waals surface area contributed by atoms with Crippen LogP contribution >= 0.6 is 11.6 Å². The van der Waals surface area contributed by atoms with Gasteiger partial charge in [0.05, 0.1) is 14.2 Å². The van der Waals surface area contributed by atoms with Crippen molar-refractivity contribution >= 4 is 29.1 Å². The van der Waals surface area contributed by atoms with E-state index in [2.05, 4.69) is 9.47 Å². The first-order valence-electron chi connectivity index (χ1n) is 5.58. The molecule has 0 fully saturated rings. The fourth-order valence-corrected chi connectivity index (χ4v) is 1.88. The van der Waals surface area contributed by atoms with Crippen LogP contribution in [0, 0.1) is 12.8 Å². The van der Waals surface area contributed by atoms with Gasteiger partial charge in [0.15, 0.2) is 5.92 Å². The van der Waals surface area contributed by atoms with E-state index in [4.69, 9.17) is 11.6 Å². The Hall–Kier alpha value is -1.81. The van der Waals surface area contributed by atoms with Crippen LogP contribution in [0.5, 0.6) is 0 Å². The first-order chi connectivity index (χ1) is 9.04. The van der Waals surface area contributed by atoms with Crippen molar-refractivity contribution in [2.45, 2.75) is 6.92 Å². The molecule has 0 aromatic heterocycles. The number of carbonyl (C=O) groups excluding carboxylic acids is 2. The van der Waals surface area contributed by atoms with Gasteiger partial charge >= 0.3 is 11.9 Å². The van der Waals surface area contributed by atoms with Gasteiger partial charge in [0, 0.05) is 5.54 Å². The average molecular weight is 283 g/mol. The molecule has 0 atom stereocenters. The summed E-state index contributed by atoms with van der Waals surface area (Å²) in [4.78, 5) is 23.5.